The Bertz CT molecular complexity index is 412. The summed E-state index contributed by atoms with van der Waals surface area (Å²) in [6.45, 7) is 0.622. The van der Waals surface area contributed by atoms with Gasteiger partial charge in [0.25, 0.3) is 0 Å². The third-order valence-electron chi connectivity index (χ3n) is 1.94. The van der Waals surface area contributed by atoms with Crippen LogP contribution in [0.3, 0.4) is 0 Å². The number of rotatable bonds is 2. The van der Waals surface area contributed by atoms with Gasteiger partial charge in [0, 0.05) is 17.5 Å². The molecule has 0 atom stereocenters. The predicted octanol–water partition coefficient (Wildman–Crippen LogP) is 2.91. The summed E-state index contributed by atoms with van der Waals surface area (Å²) in [5.41, 5.74) is 1.68. The molecule has 1 aromatic heterocycles. The average molecular weight is 174 g/mol. The fourth-order valence-electron chi connectivity index (χ4n) is 1.30. The van der Waals surface area contributed by atoms with Crippen molar-refractivity contribution in [2.75, 3.05) is 0 Å². The van der Waals surface area contributed by atoms with Crippen LogP contribution in [0, 0.1) is 6.67 Å². The van der Waals surface area contributed by atoms with E-state index in [2.05, 4.69) is 4.98 Å². The van der Waals surface area contributed by atoms with Gasteiger partial charge < -0.3 is 0 Å². The van der Waals surface area contributed by atoms with Crippen LogP contribution in [0.5, 0.6) is 0 Å². The van der Waals surface area contributed by atoms with Crippen LogP contribution in [-0.4, -0.2) is 4.98 Å². The molecule has 0 aliphatic rings. The molecule has 2 aromatic rings. The van der Waals surface area contributed by atoms with Gasteiger partial charge in [-0.2, -0.15) is 0 Å². The molecule has 1 nitrogen and oxygen atoms in total. The third-order valence-corrected chi connectivity index (χ3v) is 1.94. The lowest BCUT2D eigenvalue weighted by molar-refractivity contribution is 0.596. The maximum absolute atomic E-state index is 11.9. The van der Waals surface area contributed by atoms with Crippen LogP contribution in [-0.2, 0) is 6.42 Å². The highest BCUT2D eigenvalue weighted by Gasteiger charge is 1.96. The van der Waals surface area contributed by atoms with Crippen molar-refractivity contribution in [1.29, 1.82) is 0 Å². The summed E-state index contributed by atoms with van der Waals surface area (Å²) in [5.74, 6) is 0. The Morgan fingerprint density at radius 1 is 1.15 bits per heavy atom. The molecule has 0 saturated heterocycles. The highest BCUT2D eigenvalue weighted by atomic mass is 19.1. The number of pyridine rings is 1. The predicted molar refractivity (Wildman–Crippen MR) is 50.9 cm³/mol. The van der Waals surface area contributed by atoms with Crippen LogP contribution in [0.1, 0.15) is 5.69 Å². The Labute approximate surface area is 76.2 Å². The van der Waals surface area contributed by atoms with E-state index in [1.807, 2.05) is 36.4 Å². The molecule has 0 aliphatic carbocycles. The first-order chi connectivity index (χ1) is 6.40. The van der Waals surface area contributed by atoms with Gasteiger partial charge in [0.2, 0.25) is 0 Å². The van der Waals surface area contributed by atoms with Crippen LogP contribution in [0.25, 0.3) is 10.9 Å². The summed E-state index contributed by atoms with van der Waals surface area (Å²) in [6, 6.07) is 11.6. The lowest BCUT2D eigenvalue weighted by Crippen LogP contribution is -1.88. The molecule has 1 heterocycles. The lowest BCUT2D eigenvalue weighted by atomic mass is 10.2. The summed E-state index contributed by atoms with van der Waals surface area (Å²) >= 11 is 0. The van der Waals surface area contributed by atoms with Crippen LogP contribution in [0.2, 0.25) is 0 Å². The minimum absolute atomic E-state index is 0.283. The van der Waals surface area contributed by atoms with Gasteiger partial charge in [-0.15, -0.1) is 0 Å². The van der Waals surface area contributed by atoms with Crippen LogP contribution >= 0.6 is 0 Å². The lowest BCUT2D eigenvalue weighted by Gasteiger charge is -1.99. The summed E-state index contributed by atoms with van der Waals surface area (Å²) < 4.78 is 11.9. The van der Waals surface area contributed by atoms with Gasteiger partial charge in [-0.05, 0) is 12.1 Å². The van der Waals surface area contributed by atoms with Gasteiger partial charge >= 0.3 is 0 Å². The van der Waals surface area contributed by atoms with Crippen molar-refractivity contribution in [3.8, 4) is 0 Å². The highest BCUT2D eigenvalue weighted by Crippen LogP contribution is 2.12. The summed E-state index contributed by atoms with van der Waals surface area (Å²) in [4.78, 5) is 4.29. The van der Waals surface area contributed by atoms with E-state index in [-0.39, 0.29) is 6.42 Å². The Kier molecular flexibility index (Phi) is 2.21. The smallest absolute Gasteiger partial charge is 0.137 e. The summed E-state index contributed by atoms with van der Waals surface area (Å²) in [6.07, 6.45) is 0.283. The Morgan fingerprint density at radius 2 is 2.00 bits per heavy atom. The molecular formula is C11H9FN. The molecular weight excluding hydrogens is 165 g/mol. The molecule has 1 radical (unpaired) electrons. The van der Waals surface area contributed by atoms with Crippen molar-refractivity contribution >= 4 is 10.9 Å². The van der Waals surface area contributed by atoms with Gasteiger partial charge in [-0.1, -0.05) is 24.3 Å². The largest absolute Gasteiger partial charge is 0.253 e. The molecule has 2 rings (SSSR count). The van der Waals surface area contributed by atoms with Gasteiger partial charge in [0.15, 0.2) is 0 Å². The summed E-state index contributed by atoms with van der Waals surface area (Å²) in [5, 5.41) is 1.09. The minimum Gasteiger partial charge on any atom is -0.253 e. The van der Waals surface area contributed by atoms with E-state index in [1.54, 1.807) is 0 Å². The standard InChI is InChI=1S/C11H9FN/c12-8-7-10-6-5-9-3-1-2-4-11(9)13-10/h1-6,8H,7H2. The number of benzene rings is 1. The maximum atomic E-state index is 11.9. The average Bonchev–Trinajstić information content (AvgIpc) is 2.18. The topological polar surface area (TPSA) is 12.9 Å². The molecule has 0 aliphatic heterocycles. The van der Waals surface area contributed by atoms with E-state index >= 15 is 0 Å². The second kappa shape index (κ2) is 3.52. The first kappa shape index (κ1) is 8.17. The van der Waals surface area contributed by atoms with Crippen LogP contribution in [0.15, 0.2) is 36.4 Å². The van der Waals surface area contributed by atoms with Gasteiger partial charge in [0.1, 0.15) is 6.67 Å². The molecule has 0 N–H and O–H groups in total. The van der Waals surface area contributed by atoms with Gasteiger partial charge in [-0.25, -0.2) is 4.39 Å². The van der Waals surface area contributed by atoms with E-state index in [0.29, 0.717) is 6.67 Å². The maximum Gasteiger partial charge on any atom is 0.137 e. The first-order valence-corrected chi connectivity index (χ1v) is 4.17. The minimum atomic E-state index is 0.283. The van der Waals surface area contributed by atoms with Crippen molar-refractivity contribution < 1.29 is 4.39 Å². The quantitative estimate of drug-likeness (QED) is 0.682. The Hall–Kier alpha value is -1.44. The molecule has 13 heavy (non-hydrogen) atoms. The Morgan fingerprint density at radius 3 is 2.85 bits per heavy atom. The van der Waals surface area contributed by atoms with E-state index in [4.69, 9.17) is 0 Å². The van der Waals surface area contributed by atoms with Crippen molar-refractivity contribution in [3.63, 3.8) is 0 Å². The Balaban J connectivity index is 2.49. The molecule has 0 unspecified atom stereocenters. The van der Waals surface area contributed by atoms with Gasteiger partial charge in [-0.3, -0.25) is 4.98 Å². The zero-order valence-corrected chi connectivity index (χ0v) is 7.07. The molecule has 0 bridgehead atoms. The zero-order chi connectivity index (χ0) is 9.10. The van der Waals surface area contributed by atoms with E-state index in [1.165, 1.54) is 0 Å². The van der Waals surface area contributed by atoms with Crippen LogP contribution in [0.4, 0.5) is 4.39 Å². The van der Waals surface area contributed by atoms with E-state index < -0.39 is 0 Å². The number of hydrogen-bond acceptors (Lipinski definition) is 1. The zero-order valence-electron chi connectivity index (χ0n) is 7.07. The van der Waals surface area contributed by atoms with Crippen molar-refractivity contribution in [3.05, 3.63) is 48.8 Å². The highest BCUT2D eigenvalue weighted by molar-refractivity contribution is 5.78. The normalized spacial score (nSPS) is 10.5. The van der Waals surface area contributed by atoms with Crippen molar-refractivity contribution in [1.82, 2.24) is 4.98 Å². The number of aromatic nitrogens is 1. The molecule has 0 spiro atoms. The monoisotopic (exact) mass is 174 g/mol. The van der Waals surface area contributed by atoms with Crippen molar-refractivity contribution in [2.45, 2.75) is 6.42 Å². The van der Waals surface area contributed by atoms with Gasteiger partial charge in [0.05, 0.1) is 5.52 Å². The molecule has 2 heteroatoms. The van der Waals surface area contributed by atoms with E-state index in [0.717, 1.165) is 16.6 Å². The molecule has 1 aromatic carbocycles. The molecule has 0 amide bonds. The molecule has 0 saturated carbocycles. The van der Waals surface area contributed by atoms with Crippen molar-refractivity contribution in [2.24, 2.45) is 0 Å². The molecule has 0 fully saturated rings. The number of fused-ring (bicyclic) bond motifs is 1. The fraction of sp³-hybridized carbons (Fsp3) is 0.0909. The second-order valence-corrected chi connectivity index (χ2v) is 2.85. The number of halogens is 1. The first-order valence-electron chi connectivity index (χ1n) is 4.17. The second-order valence-electron chi connectivity index (χ2n) is 2.85. The number of para-hydroxylation sites is 1. The third kappa shape index (κ3) is 1.66. The molecule has 65 valence electrons. The van der Waals surface area contributed by atoms with Crippen LogP contribution < -0.4 is 0 Å². The number of hydrogen-bond donors (Lipinski definition) is 0. The van der Waals surface area contributed by atoms with E-state index in [9.17, 15) is 4.39 Å². The number of nitrogens with zero attached hydrogens (tertiary/aromatic N) is 1. The summed E-state index contributed by atoms with van der Waals surface area (Å²) in [7, 11) is 0. The SMILES string of the molecule is F[CH]Cc1ccc2ccccc2n1. The fourth-order valence-corrected chi connectivity index (χ4v) is 1.30.